The summed E-state index contributed by atoms with van der Waals surface area (Å²) >= 11 is 0. The molecule has 0 aliphatic rings. The molecule has 0 atom stereocenters. The van der Waals surface area contributed by atoms with Crippen LogP contribution in [0.1, 0.15) is 27.9 Å². The van der Waals surface area contributed by atoms with E-state index in [0.717, 1.165) is 33.3 Å². The van der Waals surface area contributed by atoms with E-state index in [-0.39, 0.29) is 5.91 Å². The van der Waals surface area contributed by atoms with Crippen molar-refractivity contribution in [1.29, 1.82) is 0 Å². The molecule has 2 aromatic heterocycles. The lowest BCUT2D eigenvalue weighted by molar-refractivity contribution is -0.111. The van der Waals surface area contributed by atoms with Gasteiger partial charge in [-0.25, -0.2) is 4.98 Å². The van der Waals surface area contributed by atoms with Crippen LogP contribution in [0, 0.1) is 27.7 Å². The number of rotatable bonds is 6. The summed E-state index contributed by atoms with van der Waals surface area (Å²) in [5, 5.41) is 8.61. The standard InChI is InChI=1S/C27H28N4O3/c1-16-11-18(3)27-22(12-16)17(2)13-24(29-27)31-25(14-19(4)30-31)28-26(32)10-7-20-15-21(33-5)8-9-23(20)34-6/h7-15H,1-6H3,(H,28,32)/b10-7+. The van der Waals surface area contributed by atoms with Crippen molar-refractivity contribution < 1.29 is 14.3 Å². The number of methoxy groups -OCH3 is 2. The molecule has 2 aromatic carbocycles. The highest BCUT2D eigenvalue weighted by Crippen LogP contribution is 2.27. The van der Waals surface area contributed by atoms with Crippen molar-refractivity contribution in [1.82, 2.24) is 14.8 Å². The Balaban J connectivity index is 1.65. The number of anilines is 1. The number of benzene rings is 2. The number of carbonyl (C=O) groups excluding carboxylic acids is 1. The van der Waals surface area contributed by atoms with E-state index < -0.39 is 0 Å². The number of hydrogen-bond donors (Lipinski definition) is 1. The Labute approximate surface area is 199 Å². The topological polar surface area (TPSA) is 78.3 Å². The van der Waals surface area contributed by atoms with Gasteiger partial charge in [-0.15, -0.1) is 0 Å². The third kappa shape index (κ3) is 4.64. The Kier molecular flexibility index (Phi) is 6.36. The molecule has 0 spiro atoms. The largest absolute Gasteiger partial charge is 0.497 e. The number of pyridine rings is 1. The van der Waals surface area contributed by atoms with E-state index in [1.54, 1.807) is 37.1 Å². The number of nitrogens with zero attached hydrogens (tertiary/aromatic N) is 3. The molecule has 0 fully saturated rings. The molecule has 0 aliphatic heterocycles. The van der Waals surface area contributed by atoms with Gasteiger partial charge < -0.3 is 14.8 Å². The molecule has 1 N–H and O–H groups in total. The summed E-state index contributed by atoms with van der Waals surface area (Å²) in [7, 11) is 3.18. The van der Waals surface area contributed by atoms with E-state index in [1.165, 1.54) is 11.6 Å². The molecule has 7 nitrogen and oxygen atoms in total. The van der Waals surface area contributed by atoms with Crippen molar-refractivity contribution in [2.75, 3.05) is 19.5 Å². The van der Waals surface area contributed by atoms with E-state index in [1.807, 2.05) is 25.1 Å². The second kappa shape index (κ2) is 9.39. The zero-order chi connectivity index (χ0) is 24.4. The van der Waals surface area contributed by atoms with Gasteiger partial charge in [0.25, 0.3) is 0 Å². The quantitative estimate of drug-likeness (QED) is 0.397. The monoisotopic (exact) mass is 456 g/mol. The van der Waals surface area contributed by atoms with Crippen molar-refractivity contribution in [3.8, 4) is 17.3 Å². The minimum atomic E-state index is -0.296. The molecule has 2 heterocycles. The minimum absolute atomic E-state index is 0.296. The normalized spacial score (nSPS) is 11.2. The van der Waals surface area contributed by atoms with Crippen LogP contribution in [0.25, 0.3) is 22.8 Å². The minimum Gasteiger partial charge on any atom is -0.497 e. The molecule has 34 heavy (non-hydrogen) atoms. The van der Waals surface area contributed by atoms with Gasteiger partial charge in [-0.1, -0.05) is 11.6 Å². The molecule has 4 rings (SSSR count). The average Bonchev–Trinajstić information content (AvgIpc) is 3.17. The Bertz CT molecular complexity index is 1420. The number of nitrogens with one attached hydrogen (secondary N) is 1. The molecular weight excluding hydrogens is 428 g/mol. The van der Waals surface area contributed by atoms with Gasteiger partial charge >= 0.3 is 0 Å². The number of ether oxygens (including phenoxy) is 2. The van der Waals surface area contributed by atoms with Crippen LogP contribution in [0.4, 0.5) is 5.82 Å². The number of aromatic nitrogens is 3. The second-order valence-corrected chi connectivity index (χ2v) is 8.29. The molecule has 0 bridgehead atoms. The number of carbonyl (C=O) groups is 1. The van der Waals surface area contributed by atoms with Crippen LogP contribution < -0.4 is 14.8 Å². The first-order valence-electron chi connectivity index (χ1n) is 11.0. The van der Waals surface area contributed by atoms with Gasteiger partial charge in [0.15, 0.2) is 5.82 Å². The van der Waals surface area contributed by atoms with Crippen molar-refractivity contribution in [2.45, 2.75) is 27.7 Å². The summed E-state index contributed by atoms with van der Waals surface area (Å²) in [6.45, 7) is 8.08. The van der Waals surface area contributed by atoms with Crippen LogP contribution in [-0.4, -0.2) is 34.9 Å². The lowest BCUT2D eigenvalue weighted by atomic mass is 10.0. The third-order valence-electron chi connectivity index (χ3n) is 5.59. The fourth-order valence-electron chi connectivity index (χ4n) is 4.00. The molecule has 0 unspecified atom stereocenters. The highest BCUT2D eigenvalue weighted by Gasteiger charge is 2.14. The summed E-state index contributed by atoms with van der Waals surface area (Å²) in [6, 6.07) is 13.5. The van der Waals surface area contributed by atoms with Crippen molar-refractivity contribution >= 4 is 28.7 Å². The maximum Gasteiger partial charge on any atom is 0.249 e. The Morgan fingerprint density at radius 3 is 2.50 bits per heavy atom. The molecule has 0 aliphatic carbocycles. The predicted octanol–water partition coefficient (Wildman–Crippen LogP) is 5.32. The fraction of sp³-hybridized carbons (Fsp3) is 0.222. The third-order valence-corrected chi connectivity index (χ3v) is 5.59. The zero-order valence-electron chi connectivity index (χ0n) is 20.3. The summed E-state index contributed by atoms with van der Waals surface area (Å²) in [4.78, 5) is 17.6. The number of amides is 1. The van der Waals surface area contributed by atoms with Crippen LogP contribution in [0.5, 0.6) is 11.5 Å². The first-order valence-corrected chi connectivity index (χ1v) is 11.0. The zero-order valence-corrected chi connectivity index (χ0v) is 20.3. The van der Waals surface area contributed by atoms with Gasteiger partial charge in [-0.3, -0.25) is 4.79 Å². The molecule has 174 valence electrons. The van der Waals surface area contributed by atoms with Gasteiger partial charge in [-0.2, -0.15) is 9.78 Å². The van der Waals surface area contributed by atoms with Crippen LogP contribution >= 0.6 is 0 Å². The molecule has 7 heteroatoms. The molecule has 0 radical (unpaired) electrons. The lowest BCUT2D eigenvalue weighted by Crippen LogP contribution is -2.13. The maximum absolute atomic E-state index is 12.8. The average molecular weight is 457 g/mol. The van der Waals surface area contributed by atoms with E-state index in [2.05, 4.69) is 43.3 Å². The van der Waals surface area contributed by atoms with Crippen LogP contribution in [-0.2, 0) is 4.79 Å². The molecular formula is C27H28N4O3. The van der Waals surface area contributed by atoms with Crippen molar-refractivity contribution in [3.05, 3.63) is 76.5 Å². The van der Waals surface area contributed by atoms with E-state index in [9.17, 15) is 4.79 Å². The Morgan fingerprint density at radius 1 is 0.971 bits per heavy atom. The van der Waals surface area contributed by atoms with Gasteiger partial charge in [-0.05, 0) is 75.2 Å². The second-order valence-electron chi connectivity index (χ2n) is 8.29. The SMILES string of the molecule is COc1ccc(OC)c(/C=C/C(=O)Nc2cc(C)nn2-c2cc(C)c3cc(C)cc(C)c3n2)c1. The van der Waals surface area contributed by atoms with E-state index in [4.69, 9.17) is 14.5 Å². The Morgan fingerprint density at radius 2 is 1.76 bits per heavy atom. The molecule has 4 aromatic rings. The van der Waals surface area contributed by atoms with Crippen molar-refractivity contribution in [3.63, 3.8) is 0 Å². The number of aryl methyl sites for hydroxylation is 4. The highest BCUT2D eigenvalue weighted by molar-refractivity contribution is 6.02. The van der Waals surface area contributed by atoms with Gasteiger partial charge in [0.1, 0.15) is 17.3 Å². The van der Waals surface area contributed by atoms with Crippen LogP contribution in [0.2, 0.25) is 0 Å². The smallest absolute Gasteiger partial charge is 0.249 e. The fourth-order valence-corrected chi connectivity index (χ4v) is 4.00. The molecule has 0 saturated carbocycles. The van der Waals surface area contributed by atoms with E-state index in [0.29, 0.717) is 23.1 Å². The molecule has 1 amide bonds. The van der Waals surface area contributed by atoms with Gasteiger partial charge in [0.2, 0.25) is 5.91 Å². The highest BCUT2D eigenvalue weighted by atomic mass is 16.5. The van der Waals surface area contributed by atoms with Gasteiger partial charge in [0, 0.05) is 23.1 Å². The Hall–Kier alpha value is -4.13. The summed E-state index contributed by atoms with van der Waals surface area (Å²) < 4.78 is 12.3. The predicted molar refractivity (Wildman–Crippen MR) is 135 cm³/mol. The van der Waals surface area contributed by atoms with E-state index >= 15 is 0 Å². The number of fused-ring (bicyclic) bond motifs is 1. The maximum atomic E-state index is 12.8. The van der Waals surface area contributed by atoms with Crippen LogP contribution in [0.15, 0.2) is 48.5 Å². The number of hydrogen-bond acceptors (Lipinski definition) is 5. The van der Waals surface area contributed by atoms with Crippen LogP contribution in [0.3, 0.4) is 0 Å². The summed E-state index contributed by atoms with van der Waals surface area (Å²) in [5.41, 5.74) is 5.83. The van der Waals surface area contributed by atoms with Crippen molar-refractivity contribution in [2.24, 2.45) is 0 Å². The lowest BCUT2D eigenvalue weighted by Gasteiger charge is -2.12. The first-order chi connectivity index (χ1) is 16.3. The first kappa shape index (κ1) is 23.0. The summed E-state index contributed by atoms with van der Waals surface area (Å²) in [5.74, 6) is 2.22. The van der Waals surface area contributed by atoms with Gasteiger partial charge in [0.05, 0.1) is 25.4 Å². The summed E-state index contributed by atoms with van der Waals surface area (Å²) in [6.07, 6.45) is 3.14. The molecule has 0 saturated heterocycles.